The molecule has 1 aromatic heterocycles. The predicted molar refractivity (Wildman–Crippen MR) is 47.7 cm³/mol. The lowest BCUT2D eigenvalue weighted by atomic mass is 9.86. The van der Waals surface area contributed by atoms with Crippen molar-refractivity contribution in [1.82, 2.24) is 5.16 Å². The minimum atomic E-state index is 0.136. The van der Waals surface area contributed by atoms with E-state index in [0.717, 1.165) is 36.3 Å². The van der Waals surface area contributed by atoms with Gasteiger partial charge in [-0.3, -0.25) is 4.79 Å². The maximum atomic E-state index is 11.8. The smallest absolute Gasteiger partial charge is 0.171 e. The van der Waals surface area contributed by atoms with Crippen molar-refractivity contribution in [2.24, 2.45) is 5.92 Å². The Hall–Kier alpha value is -1.12. The minimum Gasteiger partial charge on any atom is -0.360 e. The van der Waals surface area contributed by atoms with Gasteiger partial charge >= 0.3 is 0 Å². The van der Waals surface area contributed by atoms with Gasteiger partial charge < -0.3 is 4.52 Å². The fourth-order valence-electron chi connectivity index (χ4n) is 1.78. The molecule has 0 saturated carbocycles. The Morgan fingerprint density at radius 3 is 3.08 bits per heavy atom. The van der Waals surface area contributed by atoms with E-state index in [1.165, 1.54) is 0 Å². The summed E-state index contributed by atoms with van der Waals surface area (Å²) in [4.78, 5) is 11.8. The van der Waals surface area contributed by atoms with E-state index in [1.807, 2.05) is 13.8 Å². The lowest BCUT2D eigenvalue weighted by Gasteiger charge is -2.14. The molecule has 0 saturated heterocycles. The molecule has 1 aliphatic rings. The van der Waals surface area contributed by atoms with Crippen LogP contribution in [0.4, 0.5) is 0 Å². The summed E-state index contributed by atoms with van der Waals surface area (Å²) in [5, 5.41) is 3.91. The molecule has 0 N–H and O–H groups in total. The Morgan fingerprint density at radius 1 is 1.62 bits per heavy atom. The molecule has 0 bridgehead atoms. The fraction of sp³-hybridized carbons (Fsp3) is 0.600. The van der Waals surface area contributed by atoms with Crippen LogP contribution in [0, 0.1) is 5.92 Å². The SMILES string of the molecule is CCc1noc2c1C(=O)C(C)CC2. The predicted octanol–water partition coefficient (Wildman–Crippen LogP) is 2.00. The van der Waals surface area contributed by atoms with Crippen molar-refractivity contribution in [1.29, 1.82) is 0 Å². The topological polar surface area (TPSA) is 43.1 Å². The molecular weight excluding hydrogens is 166 g/mol. The largest absolute Gasteiger partial charge is 0.360 e. The van der Waals surface area contributed by atoms with Crippen LogP contribution in [-0.2, 0) is 12.8 Å². The van der Waals surface area contributed by atoms with E-state index in [4.69, 9.17) is 4.52 Å². The van der Waals surface area contributed by atoms with Gasteiger partial charge in [0.15, 0.2) is 5.78 Å². The number of ketones is 1. The molecule has 3 heteroatoms. The molecule has 0 amide bonds. The number of carbonyl (C=O) groups excluding carboxylic acids is 1. The number of aromatic nitrogens is 1. The third-order valence-corrected chi connectivity index (χ3v) is 2.67. The second kappa shape index (κ2) is 2.98. The molecule has 2 rings (SSSR count). The molecule has 0 fully saturated rings. The van der Waals surface area contributed by atoms with Gasteiger partial charge in [-0.05, 0) is 12.8 Å². The molecule has 70 valence electrons. The Labute approximate surface area is 77.1 Å². The van der Waals surface area contributed by atoms with Crippen LogP contribution in [0.15, 0.2) is 4.52 Å². The highest BCUT2D eigenvalue weighted by atomic mass is 16.5. The average Bonchev–Trinajstić information content (AvgIpc) is 2.55. The standard InChI is InChI=1S/C10H13NO2/c1-3-7-9-8(13-11-7)5-4-6(2)10(9)12/h6H,3-5H2,1-2H3. The van der Waals surface area contributed by atoms with Gasteiger partial charge in [-0.2, -0.15) is 0 Å². The van der Waals surface area contributed by atoms with E-state index >= 15 is 0 Å². The Kier molecular flexibility index (Phi) is 1.94. The maximum absolute atomic E-state index is 11.8. The molecule has 0 aromatic carbocycles. The fourth-order valence-corrected chi connectivity index (χ4v) is 1.78. The van der Waals surface area contributed by atoms with Crippen LogP contribution in [0.2, 0.25) is 0 Å². The average molecular weight is 179 g/mol. The van der Waals surface area contributed by atoms with Crippen molar-refractivity contribution in [2.45, 2.75) is 33.1 Å². The van der Waals surface area contributed by atoms with Gasteiger partial charge in [-0.15, -0.1) is 0 Å². The number of hydrogen-bond donors (Lipinski definition) is 0. The van der Waals surface area contributed by atoms with Gasteiger partial charge in [0.25, 0.3) is 0 Å². The third-order valence-electron chi connectivity index (χ3n) is 2.67. The molecule has 1 heterocycles. The van der Waals surface area contributed by atoms with Crippen LogP contribution in [0.5, 0.6) is 0 Å². The lowest BCUT2D eigenvalue weighted by Crippen LogP contribution is -2.19. The lowest BCUT2D eigenvalue weighted by molar-refractivity contribution is 0.0908. The maximum Gasteiger partial charge on any atom is 0.171 e. The van der Waals surface area contributed by atoms with E-state index in [9.17, 15) is 4.79 Å². The van der Waals surface area contributed by atoms with Crippen molar-refractivity contribution in [3.8, 4) is 0 Å². The minimum absolute atomic E-state index is 0.136. The third kappa shape index (κ3) is 1.19. The summed E-state index contributed by atoms with van der Waals surface area (Å²) in [5.41, 5.74) is 1.59. The van der Waals surface area contributed by atoms with Gasteiger partial charge in [0.05, 0.1) is 11.3 Å². The summed E-state index contributed by atoms with van der Waals surface area (Å²) >= 11 is 0. The molecule has 3 nitrogen and oxygen atoms in total. The number of rotatable bonds is 1. The highest BCUT2D eigenvalue weighted by Gasteiger charge is 2.30. The first kappa shape index (κ1) is 8.48. The summed E-state index contributed by atoms with van der Waals surface area (Å²) < 4.78 is 5.13. The van der Waals surface area contributed by atoms with Crippen LogP contribution in [0.1, 0.15) is 42.1 Å². The van der Waals surface area contributed by atoms with Crippen LogP contribution in [0.3, 0.4) is 0 Å². The summed E-state index contributed by atoms with van der Waals surface area (Å²) in [6, 6.07) is 0. The molecule has 0 radical (unpaired) electrons. The molecular formula is C10H13NO2. The van der Waals surface area contributed by atoms with Gasteiger partial charge in [0, 0.05) is 12.3 Å². The zero-order valence-electron chi connectivity index (χ0n) is 7.96. The zero-order valence-corrected chi connectivity index (χ0v) is 7.96. The first-order valence-corrected chi connectivity index (χ1v) is 4.75. The Balaban J connectivity index is 2.49. The van der Waals surface area contributed by atoms with Gasteiger partial charge in [-0.25, -0.2) is 0 Å². The van der Waals surface area contributed by atoms with Gasteiger partial charge in [0.1, 0.15) is 5.76 Å². The molecule has 1 aliphatic carbocycles. The summed E-state index contributed by atoms with van der Waals surface area (Å²) in [6.45, 7) is 3.96. The van der Waals surface area contributed by atoms with Gasteiger partial charge in [0.2, 0.25) is 0 Å². The van der Waals surface area contributed by atoms with Crippen molar-refractivity contribution in [3.05, 3.63) is 17.0 Å². The van der Waals surface area contributed by atoms with Crippen molar-refractivity contribution < 1.29 is 9.32 Å². The monoisotopic (exact) mass is 179 g/mol. The quantitative estimate of drug-likeness (QED) is 0.662. The van der Waals surface area contributed by atoms with Crippen molar-refractivity contribution in [2.75, 3.05) is 0 Å². The Morgan fingerprint density at radius 2 is 2.38 bits per heavy atom. The summed E-state index contributed by atoms with van der Waals surface area (Å²) in [6.07, 6.45) is 2.52. The summed E-state index contributed by atoms with van der Waals surface area (Å²) in [5.74, 6) is 1.14. The molecule has 0 aliphatic heterocycles. The van der Waals surface area contributed by atoms with Crippen molar-refractivity contribution in [3.63, 3.8) is 0 Å². The number of Topliss-reactive ketones (excluding diaryl/α,β-unsaturated/α-hetero) is 1. The van der Waals surface area contributed by atoms with E-state index in [1.54, 1.807) is 0 Å². The van der Waals surface area contributed by atoms with Crippen LogP contribution < -0.4 is 0 Å². The normalized spacial score (nSPS) is 21.7. The molecule has 13 heavy (non-hydrogen) atoms. The van der Waals surface area contributed by atoms with E-state index in [-0.39, 0.29) is 11.7 Å². The van der Waals surface area contributed by atoms with Crippen molar-refractivity contribution >= 4 is 5.78 Å². The highest BCUT2D eigenvalue weighted by Crippen LogP contribution is 2.27. The molecule has 1 aromatic rings. The first-order chi connectivity index (χ1) is 6.24. The van der Waals surface area contributed by atoms with E-state index in [2.05, 4.69) is 5.16 Å². The van der Waals surface area contributed by atoms with E-state index < -0.39 is 0 Å². The second-order valence-electron chi connectivity index (χ2n) is 3.58. The first-order valence-electron chi connectivity index (χ1n) is 4.75. The van der Waals surface area contributed by atoms with Crippen LogP contribution >= 0.6 is 0 Å². The highest BCUT2D eigenvalue weighted by molar-refractivity contribution is 6.00. The molecule has 1 atom stereocenters. The van der Waals surface area contributed by atoms with Crippen LogP contribution in [0.25, 0.3) is 0 Å². The summed E-state index contributed by atoms with van der Waals surface area (Å²) in [7, 11) is 0. The van der Waals surface area contributed by atoms with E-state index in [0.29, 0.717) is 0 Å². The number of fused-ring (bicyclic) bond motifs is 1. The molecule has 1 unspecified atom stereocenters. The number of hydrogen-bond acceptors (Lipinski definition) is 3. The zero-order chi connectivity index (χ0) is 9.42. The Bertz CT molecular complexity index is 327. The number of carbonyl (C=O) groups is 1. The van der Waals surface area contributed by atoms with Crippen LogP contribution in [-0.4, -0.2) is 10.9 Å². The molecule has 0 spiro atoms. The number of nitrogens with zero attached hydrogens (tertiary/aromatic N) is 1. The number of aryl methyl sites for hydroxylation is 2. The van der Waals surface area contributed by atoms with Gasteiger partial charge in [-0.1, -0.05) is 19.0 Å². The second-order valence-corrected chi connectivity index (χ2v) is 3.58.